The minimum absolute atomic E-state index is 0.433. The van der Waals surface area contributed by atoms with Crippen LogP contribution in [0.25, 0.3) is 11.3 Å². The number of rotatable bonds is 2. The minimum Gasteiger partial charge on any atom is -0.366 e. The van der Waals surface area contributed by atoms with Gasteiger partial charge in [0.1, 0.15) is 0 Å². The van der Waals surface area contributed by atoms with Crippen molar-refractivity contribution < 1.29 is 4.79 Å². The van der Waals surface area contributed by atoms with Crippen LogP contribution >= 0.6 is 11.3 Å². The average molecular weight is 218 g/mol. The van der Waals surface area contributed by atoms with Gasteiger partial charge in [0.2, 0.25) is 0 Å². The molecular formula is C11H10N2OS. The number of hydrogen-bond donors (Lipinski definition) is 1. The van der Waals surface area contributed by atoms with Crippen molar-refractivity contribution in [3.63, 3.8) is 0 Å². The predicted octanol–water partition coefficient (Wildman–Crippen LogP) is 2.22. The molecule has 0 radical (unpaired) electrons. The first-order valence-electron chi connectivity index (χ1n) is 4.48. The zero-order valence-corrected chi connectivity index (χ0v) is 9.04. The van der Waals surface area contributed by atoms with Gasteiger partial charge in [-0.1, -0.05) is 0 Å². The molecule has 4 heteroatoms. The number of primary amides is 1. The molecule has 0 unspecified atom stereocenters. The molecule has 0 bridgehead atoms. The Morgan fingerprint density at radius 1 is 1.40 bits per heavy atom. The van der Waals surface area contributed by atoms with Crippen molar-refractivity contribution in [3.8, 4) is 11.3 Å². The van der Waals surface area contributed by atoms with Crippen LogP contribution in [0.4, 0.5) is 0 Å². The number of nitrogens with zero attached hydrogens (tertiary/aromatic N) is 1. The number of amides is 1. The highest BCUT2D eigenvalue weighted by molar-refractivity contribution is 7.08. The summed E-state index contributed by atoms with van der Waals surface area (Å²) in [7, 11) is 0. The summed E-state index contributed by atoms with van der Waals surface area (Å²) in [5, 5.41) is 4.01. The molecule has 0 saturated heterocycles. The van der Waals surface area contributed by atoms with Crippen molar-refractivity contribution in [3.05, 3.63) is 40.2 Å². The van der Waals surface area contributed by atoms with E-state index in [2.05, 4.69) is 4.98 Å². The van der Waals surface area contributed by atoms with Crippen molar-refractivity contribution in [1.29, 1.82) is 0 Å². The fraction of sp³-hybridized carbons (Fsp3) is 0.0909. The van der Waals surface area contributed by atoms with Crippen molar-refractivity contribution in [2.75, 3.05) is 0 Å². The van der Waals surface area contributed by atoms with E-state index in [0.29, 0.717) is 11.3 Å². The smallest absolute Gasteiger partial charge is 0.250 e. The third-order valence-corrected chi connectivity index (χ3v) is 2.85. The van der Waals surface area contributed by atoms with Crippen molar-refractivity contribution in [2.45, 2.75) is 6.92 Å². The van der Waals surface area contributed by atoms with E-state index in [9.17, 15) is 4.79 Å². The van der Waals surface area contributed by atoms with Gasteiger partial charge in [0.25, 0.3) is 5.91 Å². The molecule has 3 nitrogen and oxygen atoms in total. The summed E-state index contributed by atoms with van der Waals surface area (Å²) in [5.74, 6) is -0.433. The summed E-state index contributed by atoms with van der Waals surface area (Å²) in [6, 6.07) is 5.53. The standard InChI is InChI=1S/C11H10N2OS/c1-7-9(11(12)14)2-3-10(13-7)8-4-5-15-6-8/h2-6H,1H3,(H2,12,14). The highest BCUT2D eigenvalue weighted by atomic mass is 32.1. The third kappa shape index (κ3) is 1.89. The Labute approximate surface area is 91.6 Å². The maximum absolute atomic E-state index is 11.0. The van der Waals surface area contributed by atoms with E-state index in [1.807, 2.05) is 22.9 Å². The van der Waals surface area contributed by atoms with Crippen LogP contribution in [-0.4, -0.2) is 10.9 Å². The number of aryl methyl sites for hydroxylation is 1. The maximum Gasteiger partial charge on any atom is 0.250 e. The van der Waals surface area contributed by atoms with Crippen LogP contribution in [0.1, 0.15) is 16.1 Å². The molecule has 76 valence electrons. The second-order valence-corrected chi connectivity index (χ2v) is 3.99. The molecule has 0 aliphatic heterocycles. The molecule has 2 aromatic heterocycles. The highest BCUT2D eigenvalue weighted by Gasteiger charge is 2.07. The Bertz CT molecular complexity index is 491. The number of aromatic nitrogens is 1. The number of thiophene rings is 1. The minimum atomic E-state index is -0.433. The van der Waals surface area contributed by atoms with Crippen molar-refractivity contribution in [1.82, 2.24) is 4.98 Å². The van der Waals surface area contributed by atoms with Crippen LogP contribution in [0, 0.1) is 6.92 Å². The largest absolute Gasteiger partial charge is 0.366 e. The molecule has 2 heterocycles. The van der Waals surface area contributed by atoms with Gasteiger partial charge in [-0.2, -0.15) is 11.3 Å². The topological polar surface area (TPSA) is 56.0 Å². The molecule has 2 rings (SSSR count). The van der Waals surface area contributed by atoms with Gasteiger partial charge in [-0.3, -0.25) is 9.78 Å². The van der Waals surface area contributed by atoms with E-state index >= 15 is 0 Å². The van der Waals surface area contributed by atoms with Gasteiger partial charge in [0.15, 0.2) is 0 Å². The van der Waals surface area contributed by atoms with Crippen LogP contribution < -0.4 is 5.73 Å². The van der Waals surface area contributed by atoms with Crippen LogP contribution in [-0.2, 0) is 0 Å². The monoisotopic (exact) mass is 218 g/mol. The molecule has 2 aromatic rings. The highest BCUT2D eigenvalue weighted by Crippen LogP contribution is 2.21. The van der Waals surface area contributed by atoms with Gasteiger partial charge >= 0.3 is 0 Å². The Morgan fingerprint density at radius 3 is 2.73 bits per heavy atom. The molecule has 0 atom stereocenters. The Kier molecular flexibility index (Phi) is 2.51. The summed E-state index contributed by atoms with van der Waals surface area (Å²) in [4.78, 5) is 15.3. The van der Waals surface area contributed by atoms with Gasteiger partial charge < -0.3 is 5.73 Å². The number of carbonyl (C=O) groups is 1. The van der Waals surface area contributed by atoms with Crippen molar-refractivity contribution >= 4 is 17.2 Å². The quantitative estimate of drug-likeness (QED) is 0.840. The summed E-state index contributed by atoms with van der Waals surface area (Å²) < 4.78 is 0. The van der Waals surface area contributed by atoms with Crippen LogP contribution in [0.3, 0.4) is 0 Å². The third-order valence-electron chi connectivity index (χ3n) is 2.17. The Hall–Kier alpha value is -1.68. The molecule has 0 saturated carbocycles. The summed E-state index contributed by atoms with van der Waals surface area (Å²) in [5.41, 5.74) is 8.30. The molecule has 0 fully saturated rings. The number of nitrogens with two attached hydrogens (primary N) is 1. The van der Waals surface area contributed by atoms with Crippen LogP contribution in [0.5, 0.6) is 0 Å². The van der Waals surface area contributed by atoms with Gasteiger partial charge in [-0.25, -0.2) is 0 Å². The lowest BCUT2D eigenvalue weighted by Crippen LogP contribution is -2.13. The van der Waals surface area contributed by atoms with E-state index in [-0.39, 0.29) is 0 Å². The van der Waals surface area contributed by atoms with E-state index in [0.717, 1.165) is 11.3 Å². The van der Waals surface area contributed by atoms with Gasteiger partial charge in [-0.05, 0) is 30.5 Å². The van der Waals surface area contributed by atoms with Crippen LogP contribution in [0.15, 0.2) is 29.0 Å². The molecule has 15 heavy (non-hydrogen) atoms. The lowest BCUT2D eigenvalue weighted by molar-refractivity contribution is 0.0999. The molecular weight excluding hydrogens is 208 g/mol. The Morgan fingerprint density at radius 2 is 2.20 bits per heavy atom. The molecule has 0 spiro atoms. The number of carbonyl (C=O) groups excluding carboxylic acids is 1. The SMILES string of the molecule is Cc1nc(-c2ccsc2)ccc1C(N)=O. The fourth-order valence-corrected chi connectivity index (χ4v) is 2.04. The van der Waals surface area contributed by atoms with E-state index in [1.165, 1.54) is 0 Å². The van der Waals surface area contributed by atoms with Crippen LogP contribution in [0.2, 0.25) is 0 Å². The Balaban J connectivity index is 2.47. The van der Waals surface area contributed by atoms with Gasteiger partial charge in [0, 0.05) is 10.9 Å². The second kappa shape index (κ2) is 3.82. The zero-order valence-electron chi connectivity index (χ0n) is 8.23. The first-order valence-corrected chi connectivity index (χ1v) is 5.43. The number of hydrogen-bond acceptors (Lipinski definition) is 3. The molecule has 0 aliphatic carbocycles. The van der Waals surface area contributed by atoms with Gasteiger partial charge in [0.05, 0.1) is 17.0 Å². The summed E-state index contributed by atoms with van der Waals surface area (Å²) >= 11 is 1.62. The fourth-order valence-electron chi connectivity index (χ4n) is 1.39. The normalized spacial score (nSPS) is 10.2. The first kappa shape index (κ1) is 9.86. The predicted molar refractivity (Wildman–Crippen MR) is 60.8 cm³/mol. The maximum atomic E-state index is 11.0. The molecule has 2 N–H and O–H groups in total. The molecule has 1 amide bonds. The second-order valence-electron chi connectivity index (χ2n) is 3.21. The summed E-state index contributed by atoms with van der Waals surface area (Å²) in [6.07, 6.45) is 0. The first-order chi connectivity index (χ1) is 7.18. The van der Waals surface area contributed by atoms with Gasteiger partial charge in [-0.15, -0.1) is 0 Å². The van der Waals surface area contributed by atoms with Crippen molar-refractivity contribution in [2.24, 2.45) is 5.73 Å². The average Bonchev–Trinajstić information content (AvgIpc) is 2.69. The van der Waals surface area contributed by atoms with E-state index in [1.54, 1.807) is 24.3 Å². The number of pyridine rings is 1. The summed E-state index contributed by atoms with van der Waals surface area (Å²) in [6.45, 7) is 1.79. The molecule has 0 aliphatic rings. The van der Waals surface area contributed by atoms with E-state index < -0.39 is 5.91 Å². The van der Waals surface area contributed by atoms with E-state index in [4.69, 9.17) is 5.73 Å². The zero-order chi connectivity index (χ0) is 10.8. The lowest BCUT2D eigenvalue weighted by Gasteiger charge is -2.03. The molecule has 0 aromatic carbocycles. The lowest BCUT2D eigenvalue weighted by atomic mass is 10.1.